The molecular formula is C9H19NO2Y-2. The molecule has 0 heterocycles. The summed E-state index contributed by atoms with van der Waals surface area (Å²) in [5.74, 6) is 0.235. The van der Waals surface area contributed by atoms with Crippen LogP contribution in [0.25, 0.3) is 0 Å². The average molecular weight is 262 g/mol. The zero-order chi connectivity index (χ0) is 9.98. The number of hydrogen-bond donors (Lipinski definition) is 2. The van der Waals surface area contributed by atoms with E-state index >= 15 is 0 Å². The van der Waals surface area contributed by atoms with Crippen LogP contribution >= 0.6 is 0 Å². The van der Waals surface area contributed by atoms with Gasteiger partial charge in [0.1, 0.15) is 0 Å². The molecule has 1 radical (unpaired) electrons. The maximum Gasteiger partial charge on any atom is 0.220 e. The normalized spacial score (nSPS) is 10.2. The first-order valence-electron chi connectivity index (χ1n) is 4.11. The van der Waals surface area contributed by atoms with Crippen LogP contribution in [-0.2, 0) is 37.5 Å². The average Bonchev–Trinajstić information content (AvgIpc) is 2.05. The molecule has 0 fully saturated rings. The van der Waals surface area contributed by atoms with Gasteiger partial charge in [0, 0.05) is 38.6 Å². The van der Waals surface area contributed by atoms with Crippen molar-refractivity contribution in [2.45, 2.75) is 20.3 Å². The third-order valence-electron chi connectivity index (χ3n) is 1.36. The van der Waals surface area contributed by atoms with Crippen LogP contribution in [0.4, 0.5) is 0 Å². The predicted octanol–water partition coefficient (Wildman–Crippen LogP) is 0.793. The minimum atomic E-state index is 0. The van der Waals surface area contributed by atoms with Crippen LogP contribution < -0.4 is 5.32 Å². The number of amides is 1. The first-order chi connectivity index (χ1) is 5.63. The van der Waals surface area contributed by atoms with Gasteiger partial charge < -0.3 is 24.3 Å². The van der Waals surface area contributed by atoms with E-state index in [-0.39, 0.29) is 51.1 Å². The largest absolute Gasteiger partial charge is 0.428 e. The first-order valence-corrected chi connectivity index (χ1v) is 4.11. The van der Waals surface area contributed by atoms with Crippen molar-refractivity contribution in [1.82, 2.24) is 5.32 Å². The van der Waals surface area contributed by atoms with Gasteiger partial charge in [0.2, 0.25) is 5.91 Å². The molecule has 1 atom stereocenters. The number of aliphatic hydroxyl groups is 1. The van der Waals surface area contributed by atoms with Crippen LogP contribution in [0, 0.1) is 19.8 Å². The number of carbonyl (C=O) groups excluding carboxylic acids is 1. The molecule has 0 spiro atoms. The standard InChI is InChI=1S/C7H14NO.C2H5O.Y/c1-4-6(3)7(9)8-5-2;1-2-3;/h6H,2,4-5H2,1,3H3,(H,8,9);3H,1-2H2;/q2*-1;. The van der Waals surface area contributed by atoms with Crippen LogP contribution in [0.5, 0.6) is 0 Å². The van der Waals surface area contributed by atoms with Crippen LogP contribution in [0.3, 0.4) is 0 Å². The summed E-state index contributed by atoms with van der Waals surface area (Å²) in [7, 11) is 0. The number of carbonyl (C=O) groups is 1. The van der Waals surface area contributed by atoms with E-state index in [2.05, 4.69) is 19.2 Å². The molecule has 1 unspecified atom stereocenters. The Bertz CT molecular complexity index is 110. The summed E-state index contributed by atoms with van der Waals surface area (Å²) in [6.07, 6.45) is 0.895. The van der Waals surface area contributed by atoms with Crippen molar-refractivity contribution >= 4 is 5.91 Å². The van der Waals surface area contributed by atoms with Gasteiger partial charge in [-0.15, -0.1) is 6.54 Å². The second kappa shape index (κ2) is 15.0. The Kier molecular flexibility index (Phi) is 22.1. The third kappa shape index (κ3) is 15.3. The molecule has 0 rings (SSSR count). The van der Waals surface area contributed by atoms with Crippen LogP contribution in [0.15, 0.2) is 0 Å². The van der Waals surface area contributed by atoms with Crippen molar-refractivity contribution < 1.29 is 42.6 Å². The summed E-state index contributed by atoms with van der Waals surface area (Å²) in [4.78, 5) is 10.8. The van der Waals surface area contributed by atoms with Gasteiger partial charge in [0.05, 0.1) is 0 Å². The maximum atomic E-state index is 10.8. The van der Waals surface area contributed by atoms with E-state index in [0.29, 0.717) is 6.54 Å². The van der Waals surface area contributed by atoms with Gasteiger partial charge in [-0.2, -0.15) is 0 Å². The molecule has 0 bridgehead atoms. The molecule has 0 aliphatic rings. The Balaban J connectivity index is -0.000000220. The zero-order valence-electron chi connectivity index (χ0n) is 8.55. The molecule has 3 nitrogen and oxygen atoms in total. The molecule has 77 valence electrons. The Hall–Kier alpha value is 0.534. The molecule has 0 aromatic carbocycles. The van der Waals surface area contributed by atoms with Crippen molar-refractivity contribution in [2.75, 3.05) is 13.2 Å². The molecule has 2 N–H and O–H groups in total. The fourth-order valence-electron chi connectivity index (χ4n) is 0.483. The minimum absolute atomic E-state index is 0. The van der Waals surface area contributed by atoms with Gasteiger partial charge in [0.25, 0.3) is 0 Å². The van der Waals surface area contributed by atoms with Crippen LogP contribution in [-0.4, -0.2) is 24.2 Å². The molecule has 0 aromatic heterocycles. The van der Waals surface area contributed by atoms with Crippen molar-refractivity contribution in [3.63, 3.8) is 0 Å². The summed E-state index contributed by atoms with van der Waals surface area (Å²) >= 11 is 0. The Morgan fingerprint density at radius 1 is 1.54 bits per heavy atom. The van der Waals surface area contributed by atoms with Gasteiger partial charge in [-0.3, -0.25) is 4.79 Å². The molecule has 4 heteroatoms. The predicted molar refractivity (Wildman–Crippen MR) is 50.3 cm³/mol. The number of rotatable bonds is 3. The zero-order valence-corrected chi connectivity index (χ0v) is 11.4. The fourth-order valence-corrected chi connectivity index (χ4v) is 0.483. The number of hydrogen-bond acceptors (Lipinski definition) is 2. The summed E-state index contributed by atoms with van der Waals surface area (Å²) < 4.78 is 0. The molecule has 0 aromatic rings. The smallest absolute Gasteiger partial charge is 0.220 e. The molecular weight excluding hydrogens is 243 g/mol. The second-order valence-electron chi connectivity index (χ2n) is 2.32. The summed E-state index contributed by atoms with van der Waals surface area (Å²) in [5, 5.41) is 10.1. The van der Waals surface area contributed by atoms with Gasteiger partial charge >= 0.3 is 0 Å². The van der Waals surface area contributed by atoms with Gasteiger partial charge in [-0.05, 0) is 6.42 Å². The molecule has 1 amide bonds. The first kappa shape index (κ1) is 19.2. The van der Waals surface area contributed by atoms with Crippen molar-refractivity contribution in [1.29, 1.82) is 0 Å². The molecule has 0 saturated heterocycles. The van der Waals surface area contributed by atoms with E-state index in [1.807, 2.05) is 13.8 Å². The van der Waals surface area contributed by atoms with Gasteiger partial charge in [-0.25, -0.2) is 0 Å². The van der Waals surface area contributed by atoms with E-state index in [0.717, 1.165) is 6.42 Å². The number of aliphatic hydroxyl groups excluding tert-OH is 1. The fraction of sp³-hybridized carbons (Fsp3) is 0.667. The van der Waals surface area contributed by atoms with E-state index < -0.39 is 0 Å². The summed E-state index contributed by atoms with van der Waals surface area (Å²) in [6.45, 7) is 10.9. The van der Waals surface area contributed by atoms with Crippen molar-refractivity contribution in [2.24, 2.45) is 5.92 Å². The molecule has 0 aliphatic heterocycles. The van der Waals surface area contributed by atoms with E-state index in [4.69, 9.17) is 5.11 Å². The van der Waals surface area contributed by atoms with E-state index in [1.54, 1.807) is 0 Å². The van der Waals surface area contributed by atoms with Crippen LogP contribution in [0.2, 0.25) is 0 Å². The second-order valence-corrected chi connectivity index (χ2v) is 2.32. The van der Waals surface area contributed by atoms with Gasteiger partial charge in [0.15, 0.2) is 0 Å². The monoisotopic (exact) mass is 262 g/mol. The van der Waals surface area contributed by atoms with Gasteiger partial charge in [-0.1, -0.05) is 20.5 Å². The maximum absolute atomic E-state index is 10.8. The third-order valence-corrected chi connectivity index (χ3v) is 1.36. The van der Waals surface area contributed by atoms with E-state index in [1.165, 1.54) is 0 Å². The Morgan fingerprint density at radius 3 is 2.15 bits per heavy atom. The van der Waals surface area contributed by atoms with E-state index in [9.17, 15) is 4.79 Å². The molecule has 0 saturated carbocycles. The Labute approximate surface area is 107 Å². The van der Waals surface area contributed by atoms with Crippen molar-refractivity contribution in [3.05, 3.63) is 13.8 Å². The van der Waals surface area contributed by atoms with Crippen molar-refractivity contribution in [3.8, 4) is 0 Å². The van der Waals surface area contributed by atoms with Crippen LogP contribution in [0.1, 0.15) is 20.3 Å². The molecule has 13 heavy (non-hydrogen) atoms. The topological polar surface area (TPSA) is 49.3 Å². The Morgan fingerprint density at radius 2 is 1.92 bits per heavy atom. The minimum Gasteiger partial charge on any atom is -0.428 e. The SMILES string of the molecule is [CH2-]CNC(=O)C(C)CC.[CH2-]CO.[Y]. The summed E-state index contributed by atoms with van der Waals surface area (Å²) in [5.41, 5.74) is 0. The quantitative estimate of drug-likeness (QED) is 0.739. The molecule has 0 aliphatic carbocycles. The summed E-state index contributed by atoms with van der Waals surface area (Å²) in [6, 6.07) is 0. The number of nitrogens with one attached hydrogen (secondary N) is 1.